The fraction of sp³-hybridized carbons (Fsp3) is 0.300. The number of fused-ring (bicyclic) bond motifs is 1. The summed E-state index contributed by atoms with van der Waals surface area (Å²) >= 11 is 0. The van der Waals surface area contributed by atoms with E-state index in [9.17, 15) is 14.4 Å². The number of ether oxygens (including phenoxy) is 2. The number of carbonyl (C=O) groups is 2. The summed E-state index contributed by atoms with van der Waals surface area (Å²) in [5.74, 6) is -0.929. The molecule has 0 aliphatic heterocycles. The Morgan fingerprint density at radius 1 is 1.32 bits per heavy atom. The second-order valence-corrected chi connectivity index (χ2v) is 3.61. The van der Waals surface area contributed by atoms with Gasteiger partial charge in [0.15, 0.2) is 12.4 Å². The second-order valence-electron chi connectivity index (χ2n) is 3.61. The lowest BCUT2D eigenvalue weighted by Gasteiger charge is -1.98. The van der Waals surface area contributed by atoms with Crippen LogP contribution in [0.4, 0.5) is 0 Å². The zero-order valence-electron chi connectivity index (χ0n) is 10.2. The number of nitrogens with one attached hydrogen (secondary N) is 1. The van der Waals surface area contributed by atoms with Crippen LogP contribution in [-0.2, 0) is 20.9 Å². The fourth-order valence-corrected chi connectivity index (χ4v) is 1.34. The van der Waals surface area contributed by atoms with Gasteiger partial charge in [-0.05, 0) is 0 Å². The Bertz CT molecular complexity index is 701. The van der Waals surface area contributed by atoms with Gasteiger partial charge in [0.1, 0.15) is 0 Å². The molecule has 0 saturated carbocycles. The van der Waals surface area contributed by atoms with Crippen molar-refractivity contribution in [3.05, 3.63) is 22.2 Å². The normalized spacial score (nSPS) is 10.4. The second kappa shape index (κ2) is 4.88. The zero-order valence-corrected chi connectivity index (χ0v) is 10.2. The summed E-state index contributed by atoms with van der Waals surface area (Å²) in [5.41, 5.74) is -0.497. The molecule has 0 amide bonds. The van der Waals surface area contributed by atoms with Crippen LogP contribution in [0.25, 0.3) is 5.78 Å². The number of aromatic amines is 1. The molecule has 0 aliphatic carbocycles. The average Bonchev–Trinajstić information content (AvgIpc) is 2.69. The molecular formula is C10H10N4O5. The van der Waals surface area contributed by atoms with Crippen molar-refractivity contribution < 1.29 is 19.1 Å². The van der Waals surface area contributed by atoms with Gasteiger partial charge in [0, 0.05) is 13.8 Å². The van der Waals surface area contributed by atoms with Crippen molar-refractivity contribution in [2.45, 2.75) is 20.5 Å². The molecule has 0 spiro atoms. The Balaban J connectivity index is 2.36. The number of rotatable bonds is 3. The molecule has 2 rings (SSSR count). The molecule has 9 heteroatoms. The van der Waals surface area contributed by atoms with Crippen LogP contribution < -0.4 is 10.3 Å². The van der Waals surface area contributed by atoms with Crippen LogP contribution in [-0.4, -0.2) is 31.5 Å². The van der Waals surface area contributed by atoms with Gasteiger partial charge in [-0.25, -0.2) is 0 Å². The van der Waals surface area contributed by atoms with Gasteiger partial charge >= 0.3 is 11.9 Å². The minimum atomic E-state index is -0.591. The number of nitrogens with zero attached hydrogens (tertiary/aromatic N) is 3. The van der Waals surface area contributed by atoms with Crippen LogP contribution in [0.2, 0.25) is 0 Å². The lowest BCUT2D eigenvalue weighted by molar-refractivity contribution is -0.142. The molecule has 2 aromatic heterocycles. The van der Waals surface area contributed by atoms with Crippen molar-refractivity contribution in [2.75, 3.05) is 0 Å². The molecule has 0 unspecified atom stereocenters. The highest BCUT2D eigenvalue weighted by Crippen LogP contribution is 2.05. The first-order chi connectivity index (χ1) is 8.95. The van der Waals surface area contributed by atoms with Gasteiger partial charge in [-0.15, -0.1) is 0 Å². The molecule has 0 atom stereocenters. The van der Waals surface area contributed by atoms with E-state index in [0.29, 0.717) is 0 Å². The Labute approximate surface area is 106 Å². The molecule has 9 nitrogen and oxygen atoms in total. The Morgan fingerprint density at radius 2 is 2.05 bits per heavy atom. The van der Waals surface area contributed by atoms with Crippen LogP contribution in [0.1, 0.15) is 19.7 Å². The Morgan fingerprint density at radius 3 is 2.68 bits per heavy atom. The number of hydrogen-bond acceptors (Lipinski definition) is 7. The highest BCUT2D eigenvalue weighted by Gasteiger charge is 2.10. The van der Waals surface area contributed by atoms with Gasteiger partial charge in [0.2, 0.25) is 5.88 Å². The third kappa shape index (κ3) is 2.94. The van der Waals surface area contributed by atoms with Crippen molar-refractivity contribution in [3.63, 3.8) is 0 Å². The first-order valence-electron chi connectivity index (χ1n) is 5.26. The van der Waals surface area contributed by atoms with E-state index < -0.39 is 17.5 Å². The highest BCUT2D eigenvalue weighted by molar-refractivity contribution is 5.68. The summed E-state index contributed by atoms with van der Waals surface area (Å²) in [6.07, 6.45) is 0. The average molecular weight is 266 g/mol. The van der Waals surface area contributed by atoms with Crippen LogP contribution in [0, 0.1) is 0 Å². The molecule has 100 valence electrons. The van der Waals surface area contributed by atoms with Gasteiger partial charge in [-0.1, -0.05) is 0 Å². The Hall–Kier alpha value is -2.71. The highest BCUT2D eigenvalue weighted by atomic mass is 16.5. The van der Waals surface area contributed by atoms with Gasteiger partial charge in [0.05, 0.1) is 6.07 Å². The molecule has 0 aromatic carbocycles. The van der Waals surface area contributed by atoms with E-state index in [1.165, 1.54) is 13.8 Å². The minimum Gasteiger partial charge on any atom is -0.458 e. The first-order valence-corrected chi connectivity index (χ1v) is 5.26. The molecule has 0 aliphatic rings. The van der Waals surface area contributed by atoms with Crippen molar-refractivity contribution in [1.82, 2.24) is 19.6 Å². The van der Waals surface area contributed by atoms with Crippen molar-refractivity contribution in [1.29, 1.82) is 0 Å². The molecule has 2 heterocycles. The van der Waals surface area contributed by atoms with E-state index in [1.54, 1.807) is 0 Å². The van der Waals surface area contributed by atoms with E-state index in [1.807, 2.05) is 0 Å². The smallest absolute Gasteiger partial charge is 0.309 e. The largest absolute Gasteiger partial charge is 0.458 e. The number of esters is 2. The van der Waals surface area contributed by atoms with Crippen LogP contribution in [0.5, 0.6) is 5.88 Å². The van der Waals surface area contributed by atoms with E-state index in [4.69, 9.17) is 9.47 Å². The maximum atomic E-state index is 11.7. The standard InChI is InChI=1S/C10H10N4O5/c1-5(15)18-4-7-11-10-12-8(19-6(2)16)3-9(17)14(10)13-7/h3H,4H2,1-2H3,(H,11,12,13). The van der Waals surface area contributed by atoms with Gasteiger partial charge in [-0.3, -0.25) is 19.5 Å². The molecule has 19 heavy (non-hydrogen) atoms. The Kier molecular flexibility index (Phi) is 3.27. The molecule has 0 radical (unpaired) electrons. The van der Waals surface area contributed by atoms with Crippen molar-refractivity contribution in [3.8, 4) is 5.88 Å². The summed E-state index contributed by atoms with van der Waals surface area (Å²) in [5, 5.41) is 2.61. The summed E-state index contributed by atoms with van der Waals surface area (Å²) in [6, 6.07) is 1.04. The van der Waals surface area contributed by atoms with Gasteiger partial charge in [0.25, 0.3) is 11.3 Å². The molecular weight excluding hydrogens is 256 g/mol. The molecule has 2 aromatic rings. The lowest BCUT2D eigenvalue weighted by Crippen LogP contribution is -2.16. The van der Waals surface area contributed by atoms with E-state index in [-0.39, 0.29) is 24.1 Å². The molecule has 0 bridgehead atoms. The predicted octanol–water partition coefficient (Wildman–Crippen LogP) is -0.594. The third-order valence-corrected chi connectivity index (χ3v) is 2.01. The van der Waals surface area contributed by atoms with Crippen LogP contribution >= 0.6 is 0 Å². The van der Waals surface area contributed by atoms with E-state index in [2.05, 4.69) is 15.1 Å². The number of carbonyl (C=O) groups excluding carboxylic acids is 2. The van der Waals surface area contributed by atoms with Crippen LogP contribution in [0.15, 0.2) is 10.9 Å². The molecule has 0 saturated heterocycles. The van der Waals surface area contributed by atoms with Crippen molar-refractivity contribution >= 4 is 17.7 Å². The predicted molar refractivity (Wildman–Crippen MR) is 60.4 cm³/mol. The number of hydrogen-bond donors (Lipinski definition) is 1. The minimum absolute atomic E-state index is 0.0194. The summed E-state index contributed by atoms with van der Waals surface area (Å²) in [7, 11) is 0. The van der Waals surface area contributed by atoms with Gasteiger partial charge < -0.3 is 9.47 Å². The van der Waals surface area contributed by atoms with E-state index in [0.717, 1.165) is 10.6 Å². The van der Waals surface area contributed by atoms with Gasteiger partial charge in [-0.2, -0.15) is 14.5 Å². The third-order valence-electron chi connectivity index (χ3n) is 2.01. The van der Waals surface area contributed by atoms with Crippen molar-refractivity contribution in [2.24, 2.45) is 0 Å². The van der Waals surface area contributed by atoms with Crippen LogP contribution in [0.3, 0.4) is 0 Å². The summed E-state index contributed by atoms with van der Waals surface area (Å²) in [4.78, 5) is 40.9. The van der Waals surface area contributed by atoms with E-state index >= 15 is 0 Å². The first kappa shape index (κ1) is 12.7. The topological polar surface area (TPSA) is 116 Å². The molecule has 0 fully saturated rings. The SMILES string of the molecule is CC(=O)OCc1nc2nc(OC(C)=O)cc(=O)n2[nH]1. The lowest BCUT2D eigenvalue weighted by atomic mass is 10.6. The molecule has 1 N–H and O–H groups in total. The quantitative estimate of drug-likeness (QED) is 0.738. The maximum absolute atomic E-state index is 11.7. The monoisotopic (exact) mass is 266 g/mol. The number of aromatic nitrogens is 4. The number of H-pyrrole nitrogens is 1. The summed E-state index contributed by atoms with van der Waals surface area (Å²) in [6.45, 7) is 2.34. The fourth-order valence-electron chi connectivity index (χ4n) is 1.34. The summed E-state index contributed by atoms with van der Waals surface area (Å²) < 4.78 is 10.5. The zero-order chi connectivity index (χ0) is 14.0. The maximum Gasteiger partial charge on any atom is 0.309 e.